The fourth-order valence-corrected chi connectivity index (χ4v) is 1.09. The molecule has 0 atom stereocenters. The van der Waals surface area contributed by atoms with Crippen molar-refractivity contribution in [3.05, 3.63) is 28.8 Å². The molecule has 1 N–H and O–H groups in total. The maximum atomic E-state index is 11.8. The maximum Gasteiger partial charge on any atom is 0.573 e. The zero-order valence-electron chi connectivity index (χ0n) is 6.81. The number of halogens is 4. The third kappa shape index (κ3) is 3.08. The van der Waals surface area contributed by atoms with Crippen molar-refractivity contribution in [3.8, 4) is 5.75 Å². The van der Waals surface area contributed by atoms with Crippen molar-refractivity contribution in [2.24, 2.45) is 0 Å². The third-order valence-electron chi connectivity index (χ3n) is 1.40. The van der Waals surface area contributed by atoms with Crippen molar-refractivity contribution < 1.29 is 23.0 Å². The molecular formula is C8H6ClF3O2. The lowest BCUT2D eigenvalue weighted by molar-refractivity contribution is -0.274. The minimum Gasteiger partial charge on any atom is -0.404 e. The number of rotatable bonds is 2. The first-order chi connectivity index (χ1) is 6.42. The van der Waals surface area contributed by atoms with E-state index in [1.165, 1.54) is 12.1 Å². The van der Waals surface area contributed by atoms with Gasteiger partial charge >= 0.3 is 6.36 Å². The van der Waals surface area contributed by atoms with E-state index in [4.69, 9.17) is 16.7 Å². The Balaban J connectivity index is 2.89. The number of hydrogen-bond donors (Lipinski definition) is 1. The molecule has 1 aromatic carbocycles. The van der Waals surface area contributed by atoms with Crippen LogP contribution >= 0.6 is 11.6 Å². The van der Waals surface area contributed by atoms with Crippen molar-refractivity contribution in [1.29, 1.82) is 0 Å². The summed E-state index contributed by atoms with van der Waals surface area (Å²) in [4.78, 5) is 0. The van der Waals surface area contributed by atoms with Crippen molar-refractivity contribution in [1.82, 2.24) is 0 Å². The van der Waals surface area contributed by atoms with Crippen molar-refractivity contribution in [2.75, 3.05) is 0 Å². The van der Waals surface area contributed by atoms with Gasteiger partial charge < -0.3 is 9.84 Å². The SMILES string of the molecule is OCc1ccc(OC(F)(F)F)c(Cl)c1. The number of aliphatic hydroxyl groups excluding tert-OH is 1. The lowest BCUT2D eigenvalue weighted by Crippen LogP contribution is -2.17. The topological polar surface area (TPSA) is 29.5 Å². The lowest BCUT2D eigenvalue weighted by Gasteiger charge is -2.10. The molecule has 0 aliphatic rings. The van der Waals surface area contributed by atoms with Crippen LogP contribution in [-0.2, 0) is 6.61 Å². The van der Waals surface area contributed by atoms with Gasteiger partial charge in [0.25, 0.3) is 0 Å². The van der Waals surface area contributed by atoms with E-state index in [1.807, 2.05) is 0 Å². The molecule has 0 fully saturated rings. The maximum absolute atomic E-state index is 11.8. The molecule has 0 amide bonds. The molecule has 6 heteroatoms. The Morgan fingerprint density at radius 3 is 2.43 bits per heavy atom. The number of ether oxygens (including phenoxy) is 1. The van der Waals surface area contributed by atoms with Crippen LogP contribution in [0, 0.1) is 0 Å². The van der Waals surface area contributed by atoms with Crippen LogP contribution in [0.3, 0.4) is 0 Å². The van der Waals surface area contributed by atoms with Crippen molar-refractivity contribution in [2.45, 2.75) is 13.0 Å². The van der Waals surface area contributed by atoms with Crippen LogP contribution in [0.4, 0.5) is 13.2 Å². The molecule has 1 aromatic rings. The van der Waals surface area contributed by atoms with E-state index < -0.39 is 12.1 Å². The average molecular weight is 227 g/mol. The predicted octanol–water partition coefficient (Wildman–Crippen LogP) is 2.73. The van der Waals surface area contributed by atoms with Gasteiger partial charge in [-0.2, -0.15) is 0 Å². The van der Waals surface area contributed by atoms with E-state index in [0.29, 0.717) is 5.56 Å². The van der Waals surface area contributed by atoms with E-state index in [2.05, 4.69) is 4.74 Å². The minimum absolute atomic E-state index is 0.186. The molecule has 14 heavy (non-hydrogen) atoms. The molecule has 78 valence electrons. The molecular weight excluding hydrogens is 221 g/mol. The highest BCUT2D eigenvalue weighted by Gasteiger charge is 2.31. The molecule has 1 rings (SSSR count). The largest absolute Gasteiger partial charge is 0.573 e. The van der Waals surface area contributed by atoms with Gasteiger partial charge in [0.2, 0.25) is 0 Å². The van der Waals surface area contributed by atoms with Crippen molar-refractivity contribution >= 4 is 11.6 Å². The summed E-state index contributed by atoms with van der Waals surface area (Å²) in [6, 6.07) is 3.57. The molecule has 2 nitrogen and oxygen atoms in total. The summed E-state index contributed by atoms with van der Waals surface area (Å²) in [6.45, 7) is -0.286. The van der Waals surface area contributed by atoms with E-state index in [1.54, 1.807) is 0 Å². The Kier molecular flexibility index (Phi) is 3.23. The van der Waals surface area contributed by atoms with Gasteiger partial charge in [0.05, 0.1) is 11.6 Å². The summed E-state index contributed by atoms with van der Waals surface area (Å²) in [5.74, 6) is -0.476. The molecule has 0 bridgehead atoms. The standard InChI is InChI=1S/C8H6ClF3O2/c9-6-3-5(4-13)1-2-7(6)14-8(10,11)12/h1-3,13H,4H2. The Morgan fingerprint density at radius 1 is 1.36 bits per heavy atom. The van der Waals surface area contributed by atoms with Crippen LogP contribution in [0.15, 0.2) is 18.2 Å². The first-order valence-electron chi connectivity index (χ1n) is 3.57. The predicted molar refractivity (Wildman–Crippen MR) is 44.1 cm³/mol. The molecule has 0 aromatic heterocycles. The number of hydrogen-bond acceptors (Lipinski definition) is 2. The van der Waals surface area contributed by atoms with Gasteiger partial charge in [-0.15, -0.1) is 13.2 Å². The van der Waals surface area contributed by atoms with Gasteiger partial charge in [0, 0.05) is 0 Å². The smallest absolute Gasteiger partial charge is 0.404 e. The first-order valence-corrected chi connectivity index (χ1v) is 3.95. The average Bonchev–Trinajstić information content (AvgIpc) is 2.06. The molecule has 0 saturated carbocycles. The molecule has 0 heterocycles. The number of benzene rings is 1. The van der Waals surface area contributed by atoms with Crippen LogP contribution < -0.4 is 4.74 Å². The van der Waals surface area contributed by atoms with Gasteiger partial charge in [0.1, 0.15) is 5.75 Å². The Labute approximate surface area is 82.9 Å². The van der Waals surface area contributed by atoms with E-state index in [-0.39, 0.29) is 11.6 Å². The van der Waals surface area contributed by atoms with Crippen LogP contribution in [-0.4, -0.2) is 11.5 Å². The zero-order valence-corrected chi connectivity index (χ0v) is 7.56. The van der Waals surface area contributed by atoms with Crippen LogP contribution in [0.25, 0.3) is 0 Å². The second kappa shape index (κ2) is 4.06. The summed E-state index contributed by atoms with van der Waals surface area (Å²) >= 11 is 5.48. The monoisotopic (exact) mass is 226 g/mol. The lowest BCUT2D eigenvalue weighted by atomic mass is 10.2. The molecule has 0 radical (unpaired) electrons. The van der Waals surface area contributed by atoms with Gasteiger partial charge in [-0.05, 0) is 17.7 Å². The van der Waals surface area contributed by atoms with Gasteiger partial charge in [-0.25, -0.2) is 0 Å². The Hall–Kier alpha value is -0.940. The fourth-order valence-electron chi connectivity index (χ4n) is 0.850. The van der Waals surface area contributed by atoms with Crippen LogP contribution in [0.1, 0.15) is 5.56 Å². The molecule has 0 aliphatic carbocycles. The highest BCUT2D eigenvalue weighted by Crippen LogP contribution is 2.30. The minimum atomic E-state index is -4.76. The van der Waals surface area contributed by atoms with Gasteiger partial charge in [-0.1, -0.05) is 17.7 Å². The summed E-state index contributed by atoms with van der Waals surface area (Å²) in [5.41, 5.74) is 0.421. The molecule has 0 spiro atoms. The number of alkyl halides is 3. The van der Waals surface area contributed by atoms with E-state index >= 15 is 0 Å². The fraction of sp³-hybridized carbons (Fsp3) is 0.250. The quantitative estimate of drug-likeness (QED) is 0.840. The van der Waals surface area contributed by atoms with Gasteiger partial charge in [0.15, 0.2) is 0 Å². The summed E-state index contributed by atoms with van der Waals surface area (Å²) in [7, 11) is 0. The van der Waals surface area contributed by atoms with Crippen LogP contribution in [0.2, 0.25) is 5.02 Å². The summed E-state index contributed by atoms with van der Waals surface area (Å²) in [6.07, 6.45) is -4.76. The molecule has 0 aliphatic heterocycles. The molecule has 0 saturated heterocycles. The highest BCUT2D eigenvalue weighted by atomic mass is 35.5. The second-order valence-corrected chi connectivity index (χ2v) is 2.88. The first kappa shape index (κ1) is 11.1. The third-order valence-corrected chi connectivity index (χ3v) is 1.70. The zero-order chi connectivity index (χ0) is 10.8. The summed E-state index contributed by atoms with van der Waals surface area (Å²) < 4.78 is 38.9. The Bertz CT molecular complexity index is 325. The van der Waals surface area contributed by atoms with Gasteiger partial charge in [-0.3, -0.25) is 0 Å². The van der Waals surface area contributed by atoms with E-state index in [0.717, 1.165) is 6.07 Å². The Morgan fingerprint density at radius 2 is 2.00 bits per heavy atom. The second-order valence-electron chi connectivity index (χ2n) is 2.47. The molecule has 0 unspecified atom stereocenters. The number of aliphatic hydroxyl groups is 1. The van der Waals surface area contributed by atoms with Crippen molar-refractivity contribution in [3.63, 3.8) is 0 Å². The summed E-state index contributed by atoms with van der Waals surface area (Å²) in [5, 5.41) is 8.48. The highest BCUT2D eigenvalue weighted by molar-refractivity contribution is 6.32. The van der Waals surface area contributed by atoms with Crippen LogP contribution in [0.5, 0.6) is 5.75 Å². The van der Waals surface area contributed by atoms with E-state index in [9.17, 15) is 13.2 Å². The normalized spacial score (nSPS) is 11.5.